The molecule has 8 aromatic rings. The van der Waals surface area contributed by atoms with Crippen LogP contribution in [0.3, 0.4) is 0 Å². The Morgan fingerprint density at radius 1 is 0.581 bits per heavy atom. The van der Waals surface area contributed by atoms with Crippen molar-refractivity contribution in [2.45, 2.75) is 0 Å². The van der Waals surface area contributed by atoms with E-state index in [9.17, 15) is 0 Å². The fraction of sp³-hybridized carbons (Fsp3) is 0. The highest BCUT2D eigenvalue weighted by Gasteiger charge is 2.17. The Kier molecular flexibility index (Phi) is 2.94. The van der Waals surface area contributed by atoms with Gasteiger partial charge in [-0.25, -0.2) is 4.98 Å². The summed E-state index contributed by atoms with van der Waals surface area (Å²) in [5.74, 6) is 0. The molecule has 0 saturated carbocycles. The van der Waals surface area contributed by atoms with E-state index in [2.05, 4.69) is 83.4 Å². The number of aromatic nitrogens is 2. The predicted molar refractivity (Wildman–Crippen MR) is 136 cm³/mol. The lowest BCUT2D eigenvalue weighted by atomic mass is 10.0. The summed E-state index contributed by atoms with van der Waals surface area (Å²) in [6.45, 7) is 0. The van der Waals surface area contributed by atoms with Crippen molar-refractivity contribution in [2.75, 3.05) is 0 Å². The quantitative estimate of drug-likeness (QED) is 0.221. The average Bonchev–Trinajstić information content (AvgIpc) is 3.52. The molecule has 0 atom stereocenters. The Balaban J connectivity index is 1.68. The summed E-state index contributed by atoms with van der Waals surface area (Å²) in [5.41, 5.74) is 2.28. The molecule has 0 bridgehead atoms. The molecule has 144 valence electrons. The second-order valence-corrected chi connectivity index (χ2v) is 10.2. The number of rotatable bonds is 0. The zero-order chi connectivity index (χ0) is 20.1. The Bertz CT molecular complexity index is 2000. The maximum atomic E-state index is 4.72. The molecule has 0 aliphatic heterocycles. The monoisotopic (exact) mass is 430 g/mol. The van der Waals surface area contributed by atoms with Gasteiger partial charge in [0.05, 0.1) is 5.52 Å². The van der Waals surface area contributed by atoms with E-state index in [1.807, 2.05) is 28.9 Å². The average molecular weight is 431 g/mol. The fourth-order valence-electron chi connectivity index (χ4n) is 5.13. The molecule has 0 aliphatic carbocycles. The van der Waals surface area contributed by atoms with Gasteiger partial charge in [-0.15, -0.1) is 22.7 Å². The van der Waals surface area contributed by atoms with Crippen molar-refractivity contribution in [3.05, 3.63) is 85.2 Å². The minimum absolute atomic E-state index is 1.03. The molecular weight excluding hydrogens is 416 g/mol. The van der Waals surface area contributed by atoms with Gasteiger partial charge in [-0.05, 0) is 29.7 Å². The minimum atomic E-state index is 1.03. The number of imidazole rings is 1. The number of nitrogens with zero attached hydrogens (tertiary/aromatic N) is 2. The summed E-state index contributed by atoms with van der Waals surface area (Å²) in [6, 6.07) is 26.7. The molecule has 8 rings (SSSR count). The molecule has 0 unspecified atom stereocenters. The Morgan fingerprint density at radius 3 is 2.29 bits per heavy atom. The lowest BCUT2D eigenvalue weighted by molar-refractivity contribution is 1.28. The molecule has 0 radical (unpaired) electrons. The number of thiophene rings is 2. The van der Waals surface area contributed by atoms with Gasteiger partial charge in [0.2, 0.25) is 0 Å². The van der Waals surface area contributed by atoms with E-state index in [4.69, 9.17) is 4.98 Å². The molecule has 0 saturated heterocycles. The summed E-state index contributed by atoms with van der Waals surface area (Å²) < 4.78 is 7.68. The summed E-state index contributed by atoms with van der Waals surface area (Å²) in [4.78, 5) is 4.72. The van der Waals surface area contributed by atoms with Crippen molar-refractivity contribution in [3.63, 3.8) is 0 Å². The van der Waals surface area contributed by atoms with Crippen LogP contribution in [0.4, 0.5) is 0 Å². The topological polar surface area (TPSA) is 17.3 Å². The lowest BCUT2D eigenvalue weighted by Crippen LogP contribution is -1.91. The van der Waals surface area contributed by atoms with Crippen LogP contribution in [0.1, 0.15) is 0 Å². The van der Waals surface area contributed by atoms with Gasteiger partial charge in [0.25, 0.3) is 0 Å². The van der Waals surface area contributed by atoms with Crippen LogP contribution in [0.5, 0.6) is 0 Å². The molecule has 2 nitrogen and oxygen atoms in total. The third kappa shape index (κ3) is 1.99. The van der Waals surface area contributed by atoms with Crippen LogP contribution in [0.2, 0.25) is 0 Å². The highest BCUT2D eigenvalue weighted by molar-refractivity contribution is 7.28. The van der Waals surface area contributed by atoms with E-state index < -0.39 is 0 Å². The van der Waals surface area contributed by atoms with E-state index in [1.54, 1.807) is 0 Å². The van der Waals surface area contributed by atoms with E-state index in [1.165, 1.54) is 62.0 Å². The van der Waals surface area contributed by atoms with Crippen molar-refractivity contribution in [1.29, 1.82) is 0 Å². The SMILES string of the molecule is c1ccc2c(c1)sc1cc3sc4ccc5c6ccccc6c6nccn6c5c4c3cc12. The summed E-state index contributed by atoms with van der Waals surface area (Å²) in [7, 11) is 0. The van der Waals surface area contributed by atoms with Crippen LogP contribution in [0.25, 0.3) is 67.7 Å². The lowest BCUT2D eigenvalue weighted by Gasteiger charge is -2.09. The zero-order valence-electron chi connectivity index (χ0n) is 16.3. The molecule has 0 aliphatic rings. The number of pyridine rings is 1. The van der Waals surface area contributed by atoms with Gasteiger partial charge in [-0.2, -0.15) is 0 Å². The highest BCUT2D eigenvalue weighted by atomic mass is 32.1. The maximum Gasteiger partial charge on any atom is 0.145 e. The molecule has 4 aromatic heterocycles. The second-order valence-electron chi connectivity index (χ2n) is 8.05. The Hall–Kier alpha value is -3.47. The minimum Gasteiger partial charge on any atom is -0.298 e. The molecule has 0 N–H and O–H groups in total. The van der Waals surface area contributed by atoms with Crippen molar-refractivity contribution in [3.8, 4) is 0 Å². The number of hydrogen-bond acceptors (Lipinski definition) is 3. The van der Waals surface area contributed by atoms with Crippen molar-refractivity contribution in [2.24, 2.45) is 0 Å². The number of hydrogen-bond donors (Lipinski definition) is 0. The zero-order valence-corrected chi connectivity index (χ0v) is 17.9. The molecule has 0 spiro atoms. The van der Waals surface area contributed by atoms with Gasteiger partial charge >= 0.3 is 0 Å². The van der Waals surface area contributed by atoms with Crippen LogP contribution < -0.4 is 0 Å². The van der Waals surface area contributed by atoms with Crippen LogP contribution in [-0.4, -0.2) is 9.38 Å². The predicted octanol–water partition coefficient (Wildman–Crippen LogP) is 8.38. The Labute approximate surface area is 184 Å². The molecule has 0 amide bonds. The molecule has 31 heavy (non-hydrogen) atoms. The third-order valence-corrected chi connectivity index (χ3v) is 8.70. The van der Waals surface area contributed by atoms with Gasteiger partial charge < -0.3 is 0 Å². The molecular formula is C27H14N2S2. The van der Waals surface area contributed by atoms with Gasteiger partial charge in [0, 0.05) is 63.5 Å². The first-order valence-electron chi connectivity index (χ1n) is 10.3. The molecule has 4 heteroatoms. The van der Waals surface area contributed by atoms with Crippen LogP contribution >= 0.6 is 22.7 Å². The largest absolute Gasteiger partial charge is 0.298 e. The van der Waals surface area contributed by atoms with Crippen LogP contribution in [0.15, 0.2) is 85.2 Å². The smallest absolute Gasteiger partial charge is 0.145 e. The normalized spacial score (nSPS) is 12.5. The van der Waals surface area contributed by atoms with E-state index in [0.717, 1.165) is 5.65 Å². The second kappa shape index (κ2) is 5.61. The third-order valence-electron chi connectivity index (χ3n) is 6.45. The Morgan fingerprint density at radius 2 is 1.35 bits per heavy atom. The van der Waals surface area contributed by atoms with E-state index >= 15 is 0 Å². The van der Waals surface area contributed by atoms with Gasteiger partial charge in [0.1, 0.15) is 5.65 Å². The molecule has 4 aromatic carbocycles. The first-order chi connectivity index (χ1) is 15.4. The standard InChI is InChI=1S/C27H14N2S2/c1-2-7-18-15(5-1)17-9-10-22-25(26(17)29-12-11-28-27(18)29)20-13-19-16-6-3-4-8-21(16)30-23(19)14-24(20)31-22/h1-14H. The van der Waals surface area contributed by atoms with Gasteiger partial charge in [-0.1, -0.05) is 48.5 Å². The first kappa shape index (κ1) is 16.3. The first-order valence-corrected chi connectivity index (χ1v) is 11.9. The highest BCUT2D eigenvalue weighted by Crippen LogP contribution is 2.44. The van der Waals surface area contributed by atoms with Crippen molar-refractivity contribution in [1.82, 2.24) is 9.38 Å². The van der Waals surface area contributed by atoms with Crippen molar-refractivity contribution >= 4 is 90.3 Å². The summed E-state index contributed by atoms with van der Waals surface area (Å²) >= 11 is 3.78. The molecule has 4 heterocycles. The maximum absolute atomic E-state index is 4.72. The van der Waals surface area contributed by atoms with Crippen LogP contribution in [0, 0.1) is 0 Å². The van der Waals surface area contributed by atoms with Gasteiger partial charge in [0.15, 0.2) is 0 Å². The van der Waals surface area contributed by atoms with Crippen LogP contribution in [-0.2, 0) is 0 Å². The van der Waals surface area contributed by atoms with E-state index in [0.29, 0.717) is 0 Å². The number of fused-ring (bicyclic) bond motifs is 13. The van der Waals surface area contributed by atoms with Crippen molar-refractivity contribution < 1.29 is 0 Å². The number of benzene rings is 4. The summed E-state index contributed by atoms with van der Waals surface area (Å²) in [6.07, 6.45) is 4.02. The van der Waals surface area contributed by atoms with E-state index in [-0.39, 0.29) is 0 Å². The summed E-state index contributed by atoms with van der Waals surface area (Å²) in [5, 5.41) is 9.12. The molecule has 0 fully saturated rings. The van der Waals surface area contributed by atoms with Gasteiger partial charge in [-0.3, -0.25) is 4.40 Å². The fourth-order valence-corrected chi connectivity index (χ4v) is 7.46.